The van der Waals surface area contributed by atoms with Crippen LogP contribution in [0.2, 0.25) is 0 Å². The van der Waals surface area contributed by atoms with E-state index in [0.717, 1.165) is 44.1 Å². The summed E-state index contributed by atoms with van der Waals surface area (Å²) in [6.07, 6.45) is -2.15. The van der Waals surface area contributed by atoms with Crippen LogP contribution in [0.1, 0.15) is 37.8 Å². The lowest BCUT2D eigenvalue weighted by molar-refractivity contribution is -0.137. The van der Waals surface area contributed by atoms with Gasteiger partial charge in [0.1, 0.15) is 0 Å². The molecule has 2 rings (SSSR count). The number of benzene rings is 1. The van der Waals surface area contributed by atoms with Crippen molar-refractivity contribution in [1.29, 1.82) is 0 Å². The SMILES string of the molecule is CC(C)CN(Cc1cccc(C(F)(F)F)c1)C1CCNCC1. The normalized spacial score (nSPS) is 17.4. The second-order valence-electron chi connectivity index (χ2n) is 6.50. The summed E-state index contributed by atoms with van der Waals surface area (Å²) in [6.45, 7) is 7.79. The molecule has 5 heteroatoms. The van der Waals surface area contributed by atoms with Crippen molar-refractivity contribution in [2.45, 2.75) is 45.5 Å². The molecule has 1 aliphatic rings. The van der Waals surface area contributed by atoms with E-state index in [-0.39, 0.29) is 0 Å². The highest BCUT2D eigenvalue weighted by atomic mass is 19.4. The summed E-state index contributed by atoms with van der Waals surface area (Å²) in [5, 5.41) is 3.34. The molecule has 1 aromatic carbocycles. The number of nitrogens with zero attached hydrogens (tertiary/aromatic N) is 1. The molecule has 0 spiro atoms. The molecule has 0 radical (unpaired) electrons. The number of hydrogen-bond acceptors (Lipinski definition) is 2. The van der Waals surface area contributed by atoms with Crippen LogP contribution in [0, 0.1) is 5.92 Å². The Morgan fingerprint density at radius 1 is 1.23 bits per heavy atom. The predicted octanol–water partition coefficient (Wildman–Crippen LogP) is 3.92. The van der Waals surface area contributed by atoms with E-state index in [1.54, 1.807) is 6.07 Å². The van der Waals surface area contributed by atoms with Gasteiger partial charge >= 0.3 is 6.18 Å². The molecule has 2 nitrogen and oxygen atoms in total. The zero-order valence-corrected chi connectivity index (χ0v) is 13.3. The molecule has 22 heavy (non-hydrogen) atoms. The van der Waals surface area contributed by atoms with Crippen molar-refractivity contribution in [2.75, 3.05) is 19.6 Å². The van der Waals surface area contributed by atoms with Crippen molar-refractivity contribution in [2.24, 2.45) is 5.92 Å². The maximum Gasteiger partial charge on any atom is 0.416 e. The standard InChI is InChI=1S/C17H25F3N2/c1-13(2)11-22(16-6-8-21-9-7-16)12-14-4-3-5-15(10-14)17(18,19)20/h3-5,10,13,16,21H,6-9,11-12H2,1-2H3. The van der Waals surface area contributed by atoms with Gasteiger partial charge in [0, 0.05) is 19.1 Å². The second kappa shape index (κ2) is 7.47. The van der Waals surface area contributed by atoms with Crippen molar-refractivity contribution in [3.8, 4) is 0 Å². The number of piperidine rings is 1. The third kappa shape index (κ3) is 4.99. The van der Waals surface area contributed by atoms with E-state index >= 15 is 0 Å². The summed E-state index contributed by atoms with van der Waals surface area (Å²) in [6, 6.07) is 6.19. The van der Waals surface area contributed by atoms with Crippen LogP contribution in [0.5, 0.6) is 0 Å². The van der Waals surface area contributed by atoms with Crippen molar-refractivity contribution >= 4 is 0 Å². The molecular formula is C17H25F3N2. The third-order valence-corrected chi connectivity index (χ3v) is 4.06. The molecule has 1 aromatic rings. The predicted molar refractivity (Wildman–Crippen MR) is 82.6 cm³/mol. The van der Waals surface area contributed by atoms with Gasteiger partial charge in [0.05, 0.1) is 5.56 Å². The van der Waals surface area contributed by atoms with Gasteiger partial charge in [-0.15, -0.1) is 0 Å². The van der Waals surface area contributed by atoms with Crippen molar-refractivity contribution in [1.82, 2.24) is 10.2 Å². The summed E-state index contributed by atoms with van der Waals surface area (Å²) >= 11 is 0. The first-order valence-corrected chi connectivity index (χ1v) is 7.97. The molecule has 1 N–H and O–H groups in total. The van der Waals surface area contributed by atoms with Crippen LogP contribution < -0.4 is 5.32 Å². The maximum atomic E-state index is 12.8. The van der Waals surface area contributed by atoms with Gasteiger partial charge in [0.25, 0.3) is 0 Å². The molecule has 0 aliphatic carbocycles. The van der Waals surface area contributed by atoms with Gasteiger partial charge in [-0.05, 0) is 43.5 Å². The molecule has 0 atom stereocenters. The van der Waals surface area contributed by atoms with Crippen LogP contribution in [-0.2, 0) is 12.7 Å². The third-order valence-electron chi connectivity index (χ3n) is 4.06. The number of alkyl halides is 3. The highest BCUT2D eigenvalue weighted by Crippen LogP contribution is 2.30. The van der Waals surface area contributed by atoms with Crippen LogP contribution in [0.25, 0.3) is 0 Å². The van der Waals surface area contributed by atoms with Crippen LogP contribution in [-0.4, -0.2) is 30.6 Å². The molecule has 1 fully saturated rings. The van der Waals surface area contributed by atoms with Crippen molar-refractivity contribution < 1.29 is 13.2 Å². The lowest BCUT2D eigenvalue weighted by atomic mass is 10.0. The first kappa shape index (κ1) is 17.3. The van der Waals surface area contributed by atoms with Crippen molar-refractivity contribution in [3.63, 3.8) is 0 Å². The zero-order valence-electron chi connectivity index (χ0n) is 13.3. The molecule has 0 unspecified atom stereocenters. The summed E-state index contributed by atoms with van der Waals surface area (Å²) in [5.74, 6) is 0.501. The number of nitrogens with one attached hydrogen (secondary N) is 1. The highest BCUT2D eigenvalue weighted by Gasteiger charge is 2.30. The van der Waals surface area contributed by atoms with E-state index in [4.69, 9.17) is 0 Å². The Hall–Kier alpha value is -1.07. The Kier molecular flexibility index (Phi) is 5.87. The minimum absolute atomic E-state index is 0.457. The van der Waals surface area contributed by atoms with E-state index in [9.17, 15) is 13.2 Å². The van der Waals surface area contributed by atoms with Gasteiger partial charge in [-0.1, -0.05) is 32.0 Å². The lowest BCUT2D eigenvalue weighted by Crippen LogP contribution is -2.44. The number of halogens is 3. The van der Waals surface area contributed by atoms with Crippen LogP contribution in [0.15, 0.2) is 24.3 Å². The van der Waals surface area contributed by atoms with Gasteiger partial charge in [-0.3, -0.25) is 4.90 Å². The topological polar surface area (TPSA) is 15.3 Å². The minimum atomic E-state index is -4.27. The van der Waals surface area contributed by atoms with Gasteiger partial charge in [0.2, 0.25) is 0 Å². The van der Waals surface area contributed by atoms with E-state index in [1.807, 2.05) is 0 Å². The molecule has 0 aromatic heterocycles. The maximum absolute atomic E-state index is 12.8. The van der Waals surface area contributed by atoms with Crippen LogP contribution >= 0.6 is 0 Å². The monoisotopic (exact) mass is 314 g/mol. The smallest absolute Gasteiger partial charge is 0.317 e. The largest absolute Gasteiger partial charge is 0.416 e. The molecule has 124 valence electrons. The Bertz CT molecular complexity index is 465. The molecule has 1 saturated heterocycles. The fourth-order valence-corrected chi connectivity index (χ4v) is 3.06. The molecule has 0 amide bonds. The summed E-state index contributed by atoms with van der Waals surface area (Å²) < 4.78 is 38.5. The van der Waals surface area contributed by atoms with Crippen molar-refractivity contribution in [3.05, 3.63) is 35.4 Å². The minimum Gasteiger partial charge on any atom is -0.317 e. The second-order valence-corrected chi connectivity index (χ2v) is 6.50. The average Bonchev–Trinajstić information content (AvgIpc) is 2.46. The van der Waals surface area contributed by atoms with Gasteiger partial charge in [-0.25, -0.2) is 0 Å². The van der Waals surface area contributed by atoms with Gasteiger partial charge in [0.15, 0.2) is 0 Å². The fourth-order valence-electron chi connectivity index (χ4n) is 3.06. The number of hydrogen-bond donors (Lipinski definition) is 1. The quantitative estimate of drug-likeness (QED) is 0.886. The highest BCUT2D eigenvalue weighted by molar-refractivity contribution is 5.25. The van der Waals surface area contributed by atoms with Crippen LogP contribution in [0.4, 0.5) is 13.2 Å². The lowest BCUT2D eigenvalue weighted by Gasteiger charge is -2.36. The van der Waals surface area contributed by atoms with E-state index in [2.05, 4.69) is 24.1 Å². The van der Waals surface area contributed by atoms with Gasteiger partial charge in [-0.2, -0.15) is 13.2 Å². The summed E-state index contributed by atoms with van der Waals surface area (Å²) in [4.78, 5) is 2.35. The first-order valence-electron chi connectivity index (χ1n) is 7.97. The molecular weight excluding hydrogens is 289 g/mol. The molecule has 0 saturated carbocycles. The van der Waals surface area contributed by atoms with E-state index in [0.29, 0.717) is 18.5 Å². The molecule has 1 aliphatic heterocycles. The Labute approximate surface area is 130 Å². The van der Waals surface area contributed by atoms with E-state index < -0.39 is 11.7 Å². The van der Waals surface area contributed by atoms with Gasteiger partial charge < -0.3 is 5.32 Å². The Morgan fingerprint density at radius 2 is 1.91 bits per heavy atom. The first-order chi connectivity index (χ1) is 10.4. The summed E-state index contributed by atoms with van der Waals surface area (Å²) in [7, 11) is 0. The number of rotatable bonds is 5. The Morgan fingerprint density at radius 3 is 2.50 bits per heavy atom. The molecule has 0 bridgehead atoms. The average molecular weight is 314 g/mol. The summed E-state index contributed by atoms with van der Waals surface area (Å²) in [5.41, 5.74) is 0.189. The Balaban J connectivity index is 2.12. The zero-order chi connectivity index (χ0) is 16.2. The fraction of sp³-hybridized carbons (Fsp3) is 0.647. The molecule has 1 heterocycles. The van der Waals surface area contributed by atoms with Crippen LogP contribution in [0.3, 0.4) is 0 Å². The van der Waals surface area contributed by atoms with E-state index in [1.165, 1.54) is 12.1 Å².